The quantitative estimate of drug-likeness (QED) is 0.846. The zero-order chi connectivity index (χ0) is 12.8. The third kappa shape index (κ3) is 4.07. The van der Waals surface area contributed by atoms with Crippen LogP contribution in [-0.2, 0) is 0 Å². The maximum atomic E-state index is 9.14. The first-order valence-corrected chi connectivity index (χ1v) is 6.71. The van der Waals surface area contributed by atoms with Crippen molar-refractivity contribution in [2.45, 2.75) is 25.9 Å². The molecule has 0 saturated heterocycles. The predicted octanol–water partition coefficient (Wildman–Crippen LogP) is 2.15. The Hall–Kier alpha value is -0.420. The molecule has 0 radical (unpaired) electrons. The smallest absolute Gasteiger partial charge is 0.0558 e. The third-order valence-electron chi connectivity index (χ3n) is 2.88. The molecule has 0 aliphatic rings. The Kier molecular flexibility index (Phi) is 6.12. The van der Waals surface area contributed by atoms with Crippen LogP contribution >= 0.6 is 15.9 Å². The van der Waals surface area contributed by atoms with E-state index in [1.54, 1.807) is 0 Å². The zero-order valence-electron chi connectivity index (χ0n) is 10.4. The molecule has 3 nitrogen and oxygen atoms in total. The van der Waals surface area contributed by atoms with Crippen LogP contribution in [-0.4, -0.2) is 35.7 Å². The summed E-state index contributed by atoms with van der Waals surface area (Å²) in [6.07, 6.45) is 0. The molecule has 1 atom stereocenters. The maximum Gasteiger partial charge on any atom is 0.0558 e. The van der Waals surface area contributed by atoms with Gasteiger partial charge in [0.15, 0.2) is 0 Å². The maximum absolute atomic E-state index is 9.14. The van der Waals surface area contributed by atoms with E-state index in [9.17, 15) is 0 Å². The van der Waals surface area contributed by atoms with Gasteiger partial charge in [0.2, 0.25) is 0 Å². The minimum atomic E-state index is 0.152. The number of hydrogen-bond donors (Lipinski definition) is 2. The molecule has 0 saturated carbocycles. The molecule has 0 amide bonds. The van der Waals surface area contributed by atoms with Gasteiger partial charge in [-0.05, 0) is 31.5 Å². The molecule has 0 aliphatic carbocycles. The molecule has 96 valence electrons. The molecule has 4 heteroatoms. The molecular weight excluding hydrogens is 280 g/mol. The third-order valence-corrected chi connectivity index (χ3v) is 3.37. The first-order valence-electron chi connectivity index (χ1n) is 5.92. The van der Waals surface area contributed by atoms with Crippen LogP contribution in [0.1, 0.15) is 25.5 Å². The Bertz CT molecular complexity index is 344. The number of halogens is 1. The molecule has 0 bridgehead atoms. The fourth-order valence-corrected chi connectivity index (χ4v) is 2.48. The average molecular weight is 301 g/mol. The van der Waals surface area contributed by atoms with Gasteiger partial charge in [-0.15, -0.1) is 0 Å². The highest BCUT2D eigenvalue weighted by atomic mass is 79.9. The van der Waals surface area contributed by atoms with E-state index in [4.69, 9.17) is 10.8 Å². The SMILES string of the molecule is CC(C)N(CCO)C(CN)c1cccc(Br)c1. The summed E-state index contributed by atoms with van der Waals surface area (Å²) in [5.41, 5.74) is 7.07. The monoisotopic (exact) mass is 300 g/mol. The summed E-state index contributed by atoms with van der Waals surface area (Å²) in [6.45, 7) is 5.59. The van der Waals surface area contributed by atoms with Crippen LogP contribution in [0.2, 0.25) is 0 Å². The standard InChI is InChI=1S/C13H21BrN2O/c1-10(2)16(6-7-17)13(9-15)11-4-3-5-12(14)8-11/h3-5,8,10,13,17H,6-7,9,15H2,1-2H3. The molecule has 0 heterocycles. The van der Waals surface area contributed by atoms with Crippen molar-refractivity contribution < 1.29 is 5.11 Å². The minimum absolute atomic E-state index is 0.152. The van der Waals surface area contributed by atoms with Gasteiger partial charge < -0.3 is 10.8 Å². The van der Waals surface area contributed by atoms with Gasteiger partial charge in [-0.2, -0.15) is 0 Å². The van der Waals surface area contributed by atoms with E-state index >= 15 is 0 Å². The van der Waals surface area contributed by atoms with Crippen molar-refractivity contribution in [1.82, 2.24) is 4.90 Å². The van der Waals surface area contributed by atoms with E-state index in [0.717, 1.165) is 4.47 Å². The Morgan fingerprint density at radius 1 is 1.41 bits per heavy atom. The summed E-state index contributed by atoms with van der Waals surface area (Å²) in [5, 5.41) is 9.14. The number of benzene rings is 1. The number of hydrogen-bond acceptors (Lipinski definition) is 3. The van der Waals surface area contributed by atoms with Crippen LogP contribution in [0.3, 0.4) is 0 Å². The van der Waals surface area contributed by atoms with Gasteiger partial charge in [-0.25, -0.2) is 0 Å². The molecule has 0 spiro atoms. The van der Waals surface area contributed by atoms with Crippen LogP contribution in [0.5, 0.6) is 0 Å². The Balaban J connectivity index is 2.95. The summed E-state index contributed by atoms with van der Waals surface area (Å²) in [7, 11) is 0. The molecule has 1 aromatic carbocycles. The number of nitrogens with two attached hydrogens (primary N) is 1. The van der Waals surface area contributed by atoms with E-state index in [2.05, 4.69) is 46.8 Å². The van der Waals surface area contributed by atoms with Crippen LogP contribution in [0.4, 0.5) is 0 Å². The summed E-state index contributed by atoms with van der Waals surface area (Å²) < 4.78 is 1.06. The lowest BCUT2D eigenvalue weighted by Crippen LogP contribution is -2.40. The highest BCUT2D eigenvalue weighted by Crippen LogP contribution is 2.24. The summed E-state index contributed by atoms with van der Waals surface area (Å²) in [6, 6.07) is 8.69. The zero-order valence-corrected chi connectivity index (χ0v) is 12.0. The van der Waals surface area contributed by atoms with Crippen LogP contribution in [0.25, 0.3) is 0 Å². The summed E-state index contributed by atoms with van der Waals surface area (Å²) in [4.78, 5) is 2.22. The molecule has 3 N–H and O–H groups in total. The van der Waals surface area contributed by atoms with Gasteiger partial charge in [0.05, 0.1) is 6.61 Å². The van der Waals surface area contributed by atoms with Crippen molar-refractivity contribution >= 4 is 15.9 Å². The predicted molar refractivity (Wildman–Crippen MR) is 74.9 cm³/mol. The lowest BCUT2D eigenvalue weighted by molar-refractivity contribution is 0.121. The van der Waals surface area contributed by atoms with Crippen molar-refractivity contribution in [2.24, 2.45) is 5.73 Å². The van der Waals surface area contributed by atoms with Crippen LogP contribution in [0, 0.1) is 0 Å². The van der Waals surface area contributed by atoms with Gasteiger partial charge in [-0.3, -0.25) is 4.90 Å². The fourth-order valence-electron chi connectivity index (χ4n) is 2.07. The van der Waals surface area contributed by atoms with E-state index in [0.29, 0.717) is 19.1 Å². The van der Waals surface area contributed by atoms with Crippen molar-refractivity contribution in [2.75, 3.05) is 19.7 Å². The number of aliphatic hydroxyl groups excluding tert-OH is 1. The normalized spacial score (nSPS) is 13.4. The van der Waals surface area contributed by atoms with Gasteiger partial charge in [-0.1, -0.05) is 28.1 Å². The molecule has 0 aromatic heterocycles. The number of nitrogens with zero attached hydrogens (tertiary/aromatic N) is 1. The van der Waals surface area contributed by atoms with Crippen LogP contribution < -0.4 is 5.73 Å². The van der Waals surface area contributed by atoms with Crippen molar-refractivity contribution in [3.05, 3.63) is 34.3 Å². The molecule has 0 fully saturated rings. The van der Waals surface area contributed by atoms with Crippen molar-refractivity contribution in [3.8, 4) is 0 Å². The van der Waals surface area contributed by atoms with E-state index in [1.807, 2.05) is 12.1 Å². The second-order valence-electron chi connectivity index (χ2n) is 4.36. The molecule has 0 aliphatic heterocycles. The first-order chi connectivity index (χ1) is 8.10. The average Bonchev–Trinajstić information content (AvgIpc) is 2.29. The molecule has 1 rings (SSSR count). The number of aliphatic hydroxyl groups is 1. The molecular formula is C13H21BrN2O. The highest BCUT2D eigenvalue weighted by molar-refractivity contribution is 9.10. The van der Waals surface area contributed by atoms with Gasteiger partial charge in [0.25, 0.3) is 0 Å². The topological polar surface area (TPSA) is 49.5 Å². The van der Waals surface area contributed by atoms with Gasteiger partial charge >= 0.3 is 0 Å². The Morgan fingerprint density at radius 2 is 2.12 bits per heavy atom. The lowest BCUT2D eigenvalue weighted by Gasteiger charge is -2.34. The summed E-state index contributed by atoms with van der Waals surface area (Å²) in [5.74, 6) is 0. The van der Waals surface area contributed by atoms with Gasteiger partial charge in [0.1, 0.15) is 0 Å². The Morgan fingerprint density at radius 3 is 2.59 bits per heavy atom. The van der Waals surface area contributed by atoms with E-state index < -0.39 is 0 Å². The second kappa shape index (κ2) is 7.11. The van der Waals surface area contributed by atoms with Crippen LogP contribution in [0.15, 0.2) is 28.7 Å². The van der Waals surface area contributed by atoms with Crippen molar-refractivity contribution in [1.29, 1.82) is 0 Å². The van der Waals surface area contributed by atoms with E-state index in [-0.39, 0.29) is 12.6 Å². The minimum Gasteiger partial charge on any atom is -0.395 e. The largest absolute Gasteiger partial charge is 0.395 e. The van der Waals surface area contributed by atoms with E-state index in [1.165, 1.54) is 5.56 Å². The highest BCUT2D eigenvalue weighted by Gasteiger charge is 2.21. The molecule has 1 aromatic rings. The number of rotatable bonds is 6. The van der Waals surface area contributed by atoms with Crippen molar-refractivity contribution in [3.63, 3.8) is 0 Å². The molecule has 17 heavy (non-hydrogen) atoms. The molecule has 1 unspecified atom stereocenters. The van der Waals surface area contributed by atoms with Gasteiger partial charge in [0, 0.05) is 29.6 Å². The fraction of sp³-hybridized carbons (Fsp3) is 0.538. The lowest BCUT2D eigenvalue weighted by atomic mass is 10.0. The first kappa shape index (κ1) is 14.6. The Labute approximate surface area is 112 Å². The summed E-state index contributed by atoms with van der Waals surface area (Å²) >= 11 is 3.48. The second-order valence-corrected chi connectivity index (χ2v) is 5.28.